The van der Waals surface area contributed by atoms with Crippen LogP contribution in [-0.2, 0) is 11.3 Å². The van der Waals surface area contributed by atoms with Crippen molar-refractivity contribution in [3.8, 4) is 0 Å². The van der Waals surface area contributed by atoms with Crippen molar-refractivity contribution in [3.63, 3.8) is 0 Å². The summed E-state index contributed by atoms with van der Waals surface area (Å²) in [6.07, 6.45) is 6.67. The summed E-state index contributed by atoms with van der Waals surface area (Å²) in [6, 6.07) is 0. The predicted molar refractivity (Wildman–Crippen MR) is 73.0 cm³/mol. The summed E-state index contributed by atoms with van der Waals surface area (Å²) < 4.78 is 7.39. The van der Waals surface area contributed by atoms with Crippen molar-refractivity contribution in [2.24, 2.45) is 0 Å². The number of anilines is 1. The highest BCUT2D eigenvalue weighted by molar-refractivity contribution is 7.09. The van der Waals surface area contributed by atoms with Crippen molar-refractivity contribution in [2.75, 3.05) is 25.1 Å². The quantitative estimate of drug-likeness (QED) is 0.744. The molecule has 0 amide bonds. The number of hydrogen-bond donors (Lipinski definition) is 1. The Kier molecular flexibility index (Phi) is 5.16. The van der Waals surface area contributed by atoms with Gasteiger partial charge in [0.25, 0.3) is 0 Å². The van der Waals surface area contributed by atoms with Gasteiger partial charge in [0.2, 0.25) is 5.95 Å². The summed E-state index contributed by atoms with van der Waals surface area (Å²) in [5.41, 5.74) is 1.85. The third-order valence-electron chi connectivity index (χ3n) is 2.48. The Hall–Kier alpha value is -1.40. The van der Waals surface area contributed by atoms with Crippen molar-refractivity contribution in [2.45, 2.75) is 19.9 Å². The maximum atomic E-state index is 5.29. The van der Waals surface area contributed by atoms with E-state index < -0.39 is 0 Å². The van der Waals surface area contributed by atoms with Crippen LogP contribution in [0, 0.1) is 0 Å². The van der Waals surface area contributed by atoms with Crippen LogP contribution in [0.2, 0.25) is 0 Å². The van der Waals surface area contributed by atoms with Gasteiger partial charge in [-0.05, 0) is 13.3 Å². The molecule has 0 atom stereocenters. The standard InChI is InChI=1S/C12H18N4OS/c1-2-17-7-3-4-14-12-15-5-6-16(12)9-11-8-13-10-18-11/h5-6,8,10H,2-4,7,9H2,1H3,(H,14,15). The number of imidazole rings is 1. The first kappa shape index (κ1) is 13.0. The van der Waals surface area contributed by atoms with E-state index in [0.29, 0.717) is 0 Å². The molecule has 0 fully saturated rings. The lowest BCUT2D eigenvalue weighted by Gasteiger charge is -2.08. The molecule has 0 saturated heterocycles. The van der Waals surface area contributed by atoms with Crippen molar-refractivity contribution >= 4 is 17.3 Å². The number of hydrogen-bond acceptors (Lipinski definition) is 5. The zero-order chi connectivity index (χ0) is 12.6. The lowest BCUT2D eigenvalue weighted by molar-refractivity contribution is 0.147. The molecule has 2 aromatic rings. The zero-order valence-electron chi connectivity index (χ0n) is 10.5. The molecule has 0 bridgehead atoms. The fraction of sp³-hybridized carbons (Fsp3) is 0.500. The van der Waals surface area contributed by atoms with Crippen molar-refractivity contribution in [3.05, 3.63) is 29.0 Å². The van der Waals surface area contributed by atoms with Gasteiger partial charge in [-0.1, -0.05) is 0 Å². The Morgan fingerprint density at radius 2 is 2.44 bits per heavy atom. The van der Waals surface area contributed by atoms with Crippen molar-refractivity contribution in [1.29, 1.82) is 0 Å². The molecule has 2 heterocycles. The molecule has 2 aromatic heterocycles. The van der Waals surface area contributed by atoms with Crippen LogP contribution in [0.1, 0.15) is 18.2 Å². The SMILES string of the molecule is CCOCCCNc1nccn1Cc1cncs1. The number of nitrogens with one attached hydrogen (secondary N) is 1. The number of rotatable bonds is 8. The van der Waals surface area contributed by atoms with Crippen LogP contribution in [0.5, 0.6) is 0 Å². The predicted octanol–water partition coefficient (Wildman–Crippen LogP) is 2.23. The molecule has 0 aromatic carbocycles. The molecule has 1 N–H and O–H groups in total. The maximum Gasteiger partial charge on any atom is 0.203 e. The molecule has 0 radical (unpaired) electrons. The van der Waals surface area contributed by atoms with E-state index in [2.05, 4.69) is 19.9 Å². The highest BCUT2D eigenvalue weighted by atomic mass is 32.1. The minimum absolute atomic E-state index is 0.778. The summed E-state index contributed by atoms with van der Waals surface area (Å²) in [7, 11) is 0. The molecule has 2 rings (SSSR count). The van der Waals surface area contributed by atoms with Gasteiger partial charge in [0.05, 0.1) is 12.1 Å². The minimum Gasteiger partial charge on any atom is -0.382 e. The molecule has 6 heteroatoms. The van der Waals surface area contributed by atoms with E-state index in [1.807, 2.05) is 31.0 Å². The van der Waals surface area contributed by atoms with Gasteiger partial charge in [-0.15, -0.1) is 11.3 Å². The Labute approximate surface area is 111 Å². The summed E-state index contributed by atoms with van der Waals surface area (Å²) >= 11 is 1.66. The number of nitrogens with zero attached hydrogens (tertiary/aromatic N) is 3. The molecule has 0 aliphatic carbocycles. The Bertz CT molecular complexity index is 441. The second-order valence-corrected chi connectivity index (χ2v) is 4.79. The smallest absolute Gasteiger partial charge is 0.203 e. The summed E-state index contributed by atoms with van der Waals surface area (Å²) in [5, 5.41) is 3.32. The van der Waals surface area contributed by atoms with Gasteiger partial charge < -0.3 is 14.6 Å². The highest BCUT2D eigenvalue weighted by Crippen LogP contribution is 2.12. The minimum atomic E-state index is 0.778. The van der Waals surface area contributed by atoms with E-state index in [-0.39, 0.29) is 0 Å². The lowest BCUT2D eigenvalue weighted by Crippen LogP contribution is -2.10. The van der Waals surface area contributed by atoms with Gasteiger partial charge in [0.1, 0.15) is 0 Å². The molecule has 0 unspecified atom stereocenters. The van der Waals surface area contributed by atoms with Crippen LogP contribution in [0.3, 0.4) is 0 Å². The van der Waals surface area contributed by atoms with Gasteiger partial charge in [-0.25, -0.2) is 4.98 Å². The third kappa shape index (κ3) is 3.82. The first-order valence-electron chi connectivity index (χ1n) is 6.10. The second kappa shape index (κ2) is 7.13. The monoisotopic (exact) mass is 266 g/mol. The molecule has 5 nitrogen and oxygen atoms in total. The van der Waals surface area contributed by atoms with E-state index in [9.17, 15) is 0 Å². The summed E-state index contributed by atoms with van der Waals surface area (Å²) in [5.74, 6) is 0.903. The Balaban J connectivity index is 1.80. The van der Waals surface area contributed by atoms with E-state index in [1.54, 1.807) is 11.3 Å². The normalized spacial score (nSPS) is 10.7. The van der Waals surface area contributed by atoms with Gasteiger partial charge in [-0.3, -0.25) is 4.98 Å². The zero-order valence-corrected chi connectivity index (χ0v) is 11.3. The first-order valence-corrected chi connectivity index (χ1v) is 6.98. The molecule has 0 saturated carbocycles. The summed E-state index contributed by atoms with van der Waals surface area (Å²) in [6.45, 7) is 5.27. The molecule has 98 valence electrons. The van der Waals surface area contributed by atoms with Crippen LogP contribution < -0.4 is 5.32 Å². The van der Waals surface area contributed by atoms with Crippen LogP contribution in [0.25, 0.3) is 0 Å². The van der Waals surface area contributed by atoms with Gasteiger partial charge in [0, 0.05) is 43.2 Å². The number of thiazole rings is 1. The van der Waals surface area contributed by atoms with E-state index >= 15 is 0 Å². The molecule has 18 heavy (non-hydrogen) atoms. The lowest BCUT2D eigenvalue weighted by atomic mass is 10.4. The van der Waals surface area contributed by atoms with E-state index in [1.165, 1.54) is 4.88 Å². The first-order chi connectivity index (χ1) is 8.90. The Morgan fingerprint density at radius 3 is 3.22 bits per heavy atom. The van der Waals surface area contributed by atoms with Gasteiger partial charge in [-0.2, -0.15) is 0 Å². The fourth-order valence-corrected chi connectivity index (χ4v) is 2.20. The van der Waals surface area contributed by atoms with E-state index in [0.717, 1.165) is 38.7 Å². The fourth-order valence-electron chi connectivity index (χ4n) is 1.61. The second-order valence-electron chi connectivity index (χ2n) is 3.82. The topological polar surface area (TPSA) is 52.0 Å². The third-order valence-corrected chi connectivity index (χ3v) is 3.24. The van der Waals surface area contributed by atoms with Gasteiger partial charge >= 0.3 is 0 Å². The molecular weight excluding hydrogens is 248 g/mol. The van der Waals surface area contributed by atoms with Crippen LogP contribution in [0.4, 0.5) is 5.95 Å². The van der Waals surface area contributed by atoms with Crippen LogP contribution >= 0.6 is 11.3 Å². The van der Waals surface area contributed by atoms with Crippen LogP contribution in [-0.4, -0.2) is 34.3 Å². The Morgan fingerprint density at radius 1 is 1.50 bits per heavy atom. The highest BCUT2D eigenvalue weighted by Gasteiger charge is 2.03. The number of aromatic nitrogens is 3. The van der Waals surface area contributed by atoms with Gasteiger partial charge in [0.15, 0.2) is 0 Å². The largest absolute Gasteiger partial charge is 0.382 e. The van der Waals surface area contributed by atoms with Crippen molar-refractivity contribution in [1.82, 2.24) is 14.5 Å². The molecule has 0 aliphatic rings. The number of ether oxygens (including phenoxy) is 1. The van der Waals surface area contributed by atoms with Crippen LogP contribution in [0.15, 0.2) is 24.1 Å². The molecular formula is C12H18N4OS. The molecule has 0 aliphatic heterocycles. The van der Waals surface area contributed by atoms with Crippen molar-refractivity contribution < 1.29 is 4.74 Å². The molecule has 0 spiro atoms. The maximum absolute atomic E-state index is 5.29. The van der Waals surface area contributed by atoms with E-state index in [4.69, 9.17) is 4.74 Å². The average molecular weight is 266 g/mol. The summed E-state index contributed by atoms with van der Waals surface area (Å²) in [4.78, 5) is 9.61. The average Bonchev–Trinajstić information content (AvgIpc) is 3.02.